The van der Waals surface area contributed by atoms with E-state index in [2.05, 4.69) is 5.32 Å². The van der Waals surface area contributed by atoms with Crippen molar-refractivity contribution in [2.45, 2.75) is 18.8 Å². The Hall–Kier alpha value is -2.99. The molecule has 1 unspecified atom stereocenters. The molecule has 0 bridgehead atoms. The normalized spacial score (nSPS) is 20.1. The first kappa shape index (κ1) is 17.8. The minimum absolute atomic E-state index is 0.0772. The van der Waals surface area contributed by atoms with Crippen molar-refractivity contribution in [3.8, 4) is 0 Å². The molecule has 7 heteroatoms. The molecule has 2 aromatic carbocycles. The maximum Gasteiger partial charge on any atom is 0.338 e. The summed E-state index contributed by atoms with van der Waals surface area (Å²) in [6.07, 6.45) is 0.0916. The predicted molar refractivity (Wildman–Crippen MR) is 94.6 cm³/mol. The van der Waals surface area contributed by atoms with E-state index in [4.69, 9.17) is 11.6 Å². The lowest BCUT2D eigenvalue weighted by Gasteiger charge is -2.38. The van der Waals surface area contributed by atoms with Gasteiger partial charge in [-0.1, -0.05) is 54.9 Å². The fraction of sp³-hybridized carbons (Fsp3) is 0.158. The van der Waals surface area contributed by atoms with Crippen molar-refractivity contribution >= 4 is 35.4 Å². The number of nitrogens with one attached hydrogen (secondary N) is 1. The first-order valence-electron chi connectivity index (χ1n) is 7.97. The highest BCUT2D eigenvalue weighted by Crippen LogP contribution is 2.34. The highest BCUT2D eigenvalue weighted by atomic mass is 35.5. The zero-order valence-corrected chi connectivity index (χ0v) is 14.6. The quantitative estimate of drug-likeness (QED) is 0.665. The number of carbonyl (C=O) groups excluding carboxylic acids is 4. The molecule has 2 aromatic rings. The summed E-state index contributed by atoms with van der Waals surface area (Å²) < 4.78 is 0. The second kappa shape index (κ2) is 6.72. The summed E-state index contributed by atoms with van der Waals surface area (Å²) in [5.41, 5.74) is -1.15. The van der Waals surface area contributed by atoms with Crippen molar-refractivity contribution in [1.29, 1.82) is 0 Å². The van der Waals surface area contributed by atoms with Gasteiger partial charge in [-0.25, -0.2) is 4.79 Å². The number of urea groups is 1. The number of carbonyl (C=O) groups is 4. The minimum Gasteiger partial charge on any atom is -0.276 e. The number of imide groups is 4. The van der Waals surface area contributed by atoms with Gasteiger partial charge in [-0.2, -0.15) is 4.90 Å². The summed E-state index contributed by atoms with van der Waals surface area (Å²) >= 11 is 5.89. The highest BCUT2D eigenvalue weighted by molar-refractivity contribution is 6.32. The van der Waals surface area contributed by atoms with Gasteiger partial charge in [0, 0.05) is 10.6 Å². The van der Waals surface area contributed by atoms with Gasteiger partial charge >= 0.3 is 6.03 Å². The average molecular weight is 371 g/mol. The third-order valence-electron chi connectivity index (χ3n) is 4.45. The summed E-state index contributed by atoms with van der Waals surface area (Å²) in [4.78, 5) is 51.3. The molecule has 0 aromatic heterocycles. The van der Waals surface area contributed by atoms with Crippen LogP contribution in [-0.2, 0) is 15.0 Å². The molecule has 0 aliphatic carbocycles. The standard InChI is InChI=1S/C19H15ClN2O4/c1-2-19(13-8-4-3-5-9-13)16(24)21-18(26)22(17(19)25)15(23)12-7-6-10-14(20)11-12/h3-11H,2H2,1H3,(H,21,24,26). The van der Waals surface area contributed by atoms with Crippen LogP contribution in [0, 0.1) is 0 Å². The molecule has 132 valence electrons. The Balaban J connectivity index is 2.10. The second-order valence-electron chi connectivity index (χ2n) is 5.84. The maximum absolute atomic E-state index is 13.2. The van der Waals surface area contributed by atoms with Crippen molar-refractivity contribution in [2.75, 3.05) is 0 Å². The summed E-state index contributed by atoms with van der Waals surface area (Å²) in [6, 6.07) is 13.2. The summed E-state index contributed by atoms with van der Waals surface area (Å²) in [5, 5.41) is 2.43. The summed E-state index contributed by atoms with van der Waals surface area (Å²) in [6.45, 7) is 1.66. The topological polar surface area (TPSA) is 83.6 Å². The SMILES string of the molecule is CCC1(c2ccccc2)C(=O)NC(=O)N(C(=O)c2cccc(Cl)c2)C1=O. The van der Waals surface area contributed by atoms with Crippen molar-refractivity contribution in [3.05, 3.63) is 70.7 Å². The maximum atomic E-state index is 13.2. The van der Waals surface area contributed by atoms with Gasteiger partial charge in [0.05, 0.1) is 0 Å². The molecular weight excluding hydrogens is 356 g/mol. The van der Waals surface area contributed by atoms with E-state index in [1.165, 1.54) is 18.2 Å². The van der Waals surface area contributed by atoms with Gasteiger partial charge in [-0.15, -0.1) is 0 Å². The van der Waals surface area contributed by atoms with Gasteiger partial charge in [-0.05, 0) is 30.2 Å². The number of barbiturate groups is 1. The molecule has 5 amide bonds. The molecule has 0 saturated carbocycles. The summed E-state index contributed by atoms with van der Waals surface area (Å²) in [5.74, 6) is -2.45. The predicted octanol–water partition coefficient (Wildman–Crippen LogP) is 2.91. The van der Waals surface area contributed by atoms with Crippen LogP contribution in [0.5, 0.6) is 0 Å². The van der Waals surface area contributed by atoms with E-state index in [-0.39, 0.29) is 12.0 Å². The number of nitrogens with zero attached hydrogens (tertiary/aromatic N) is 1. The van der Waals surface area contributed by atoms with E-state index in [0.717, 1.165) is 0 Å². The highest BCUT2D eigenvalue weighted by Gasteiger charge is 2.55. The van der Waals surface area contributed by atoms with E-state index < -0.39 is 29.2 Å². The molecule has 1 saturated heterocycles. The van der Waals surface area contributed by atoms with Crippen LogP contribution < -0.4 is 5.32 Å². The number of halogens is 1. The Kier molecular flexibility index (Phi) is 4.61. The molecule has 1 N–H and O–H groups in total. The van der Waals surface area contributed by atoms with Crippen LogP contribution in [0.1, 0.15) is 29.3 Å². The largest absolute Gasteiger partial charge is 0.338 e. The zero-order chi connectivity index (χ0) is 18.9. The van der Waals surface area contributed by atoms with Gasteiger partial charge in [0.25, 0.3) is 11.8 Å². The van der Waals surface area contributed by atoms with Crippen molar-refractivity contribution in [3.63, 3.8) is 0 Å². The Morgan fingerprint density at radius 2 is 1.77 bits per heavy atom. The number of rotatable bonds is 3. The van der Waals surface area contributed by atoms with Crippen LogP contribution in [0.15, 0.2) is 54.6 Å². The van der Waals surface area contributed by atoms with Crippen LogP contribution in [-0.4, -0.2) is 28.7 Å². The van der Waals surface area contributed by atoms with Crippen LogP contribution in [0.3, 0.4) is 0 Å². The van der Waals surface area contributed by atoms with E-state index in [1.807, 2.05) is 0 Å². The van der Waals surface area contributed by atoms with Crippen LogP contribution >= 0.6 is 11.6 Å². The van der Waals surface area contributed by atoms with Gasteiger partial charge in [0.2, 0.25) is 5.91 Å². The third-order valence-corrected chi connectivity index (χ3v) is 4.69. The summed E-state index contributed by atoms with van der Waals surface area (Å²) in [7, 11) is 0. The van der Waals surface area contributed by atoms with Gasteiger partial charge in [0.1, 0.15) is 0 Å². The van der Waals surface area contributed by atoms with Gasteiger partial charge < -0.3 is 0 Å². The second-order valence-corrected chi connectivity index (χ2v) is 6.28. The lowest BCUT2D eigenvalue weighted by molar-refractivity contribution is -0.143. The van der Waals surface area contributed by atoms with Gasteiger partial charge in [-0.3, -0.25) is 19.7 Å². The smallest absolute Gasteiger partial charge is 0.276 e. The molecule has 6 nitrogen and oxygen atoms in total. The van der Waals surface area contributed by atoms with Crippen molar-refractivity contribution in [2.24, 2.45) is 0 Å². The van der Waals surface area contributed by atoms with E-state index >= 15 is 0 Å². The van der Waals surface area contributed by atoms with Crippen LogP contribution in [0.25, 0.3) is 0 Å². The van der Waals surface area contributed by atoms with Crippen LogP contribution in [0.4, 0.5) is 4.79 Å². The molecule has 0 spiro atoms. The van der Waals surface area contributed by atoms with Crippen molar-refractivity contribution in [1.82, 2.24) is 10.2 Å². The van der Waals surface area contributed by atoms with Gasteiger partial charge in [0.15, 0.2) is 5.41 Å². The Bertz CT molecular complexity index is 913. The Labute approximate surface area is 154 Å². The molecule has 1 atom stereocenters. The molecular formula is C19H15ClN2O4. The first-order valence-corrected chi connectivity index (χ1v) is 8.35. The monoisotopic (exact) mass is 370 g/mol. The fourth-order valence-electron chi connectivity index (χ4n) is 3.07. The third kappa shape index (κ3) is 2.68. The molecule has 3 rings (SSSR count). The Morgan fingerprint density at radius 1 is 1.08 bits per heavy atom. The number of benzene rings is 2. The van der Waals surface area contributed by atoms with Crippen molar-refractivity contribution < 1.29 is 19.2 Å². The zero-order valence-electron chi connectivity index (χ0n) is 13.9. The van der Waals surface area contributed by atoms with E-state index in [9.17, 15) is 19.2 Å². The van der Waals surface area contributed by atoms with Crippen LogP contribution in [0.2, 0.25) is 5.02 Å². The number of amides is 5. The number of hydrogen-bond acceptors (Lipinski definition) is 4. The first-order chi connectivity index (χ1) is 12.4. The van der Waals surface area contributed by atoms with E-state index in [1.54, 1.807) is 43.3 Å². The van der Waals surface area contributed by atoms with E-state index in [0.29, 0.717) is 15.5 Å². The molecule has 1 heterocycles. The number of hydrogen-bond donors (Lipinski definition) is 1. The Morgan fingerprint density at radius 3 is 2.38 bits per heavy atom. The minimum atomic E-state index is -1.65. The lowest BCUT2D eigenvalue weighted by atomic mass is 9.74. The molecule has 1 fully saturated rings. The molecule has 1 aliphatic heterocycles. The molecule has 26 heavy (non-hydrogen) atoms. The molecule has 0 radical (unpaired) electrons. The lowest BCUT2D eigenvalue weighted by Crippen LogP contribution is -2.67. The molecule has 1 aliphatic rings. The fourth-order valence-corrected chi connectivity index (χ4v) is 3.26. The average Bonchev–Trinajstić information content (AvgIpc) is 2.63.